The van der Waals surface area contributed by atoms with Gasteiger partial charge in [-0.1, -0.05) is 11.6 Å². The van der Waals surface area contributed by atoms with Crippen LogP contribution in [0.3, 0.4) is 0 Å². The van der Waals surface area contributed by atoms with Gasteiger partial charge in [0.05, 0.1) is 17.2 Å². The Balaban J connectivity index is 0.00000144. The molecule has 0 bridgehead atoms. The number of rotatable bonds is 2. The van der Waals surface area contributed by atoms with E-state index in [1.807, 2.05) is 0 Å². The molecule has 0 saturated heterocycles. The maximum atomic E-state index is 10.5. The average molecular weight is 278 g/mol. The summed E-state index contributed by atoms with van der Waals surface area (Å²) >= 11 is 6.88. The van der Waals surface area contributed by atoms with Crippen molar-refractivity contribution in [2.75, 3.05) is 0 Å². The minimum atomic E-state index is -1.34. The third-order valence-corrected chi connectivity index (χ3v) is 3.01. The molecule has 1 N–H and O–H groups in total. The number of carbonyl (C=O) groups excluding carboxylic acids is 1. The SMILES string of the molecule is O=C([O-])c1csc(-c2cc(Cl)ccc2O)n1.[Na+]. The second-order valence-corrected chi connectivity index (χ2v) is 4.28. The summed E-state index contributed by atoms with van der Waals surface area (Å²) in [7, 11) is 0. The van der Waals surface area contributed by atoms with Crippen LogP contribution >= 0.6 is 22.9 Å². The summed E-state index contributed by atoms with van der Waals surface area (Å²) in [6.07, 6.45) is 0. The van der Waals surface area contributed by atoms with Crippen molar-refractivity contribution in [1.29, 1.82) is 0 Å². The number of aromatic carboxylic acids is 1. The van der Waals surface area contributed by atoms with Crippen LogP contribution < -0.4 is 34.7 Å². The van der Waals surface area contributed by atoms with Crippen LogP contribution in [0.4, 0.5) is 0 Å². The van der Waals surface area contributed by atoms with Crippen LogP contribution in [-0.4, -0.2) is 16.1 Å². The van der Waals surface area contributed by atoms with Crippen molar-refractivity contribution in [1.82, 2.24) is 4.98 Å². The van der Waals surface area contributed by atoms with Crippen molar-refractivity contribution >= 4 is 28.9 Å². The van der Waals surface area contributed by atoms with Gasteiger partial charge in [0.2, 0.25) is 0 Å². The molecule has 17 heavy (non-hydrogen) atoms. The van der Waals surface area contributed by atoms with Crippen molar-refractivity contribution in [2.24, 2.45) is 0 Å². The molecule has 0 radical (unpaired) electrons. The number of hydrogen-bond donors (Lipinski definition) is 1. The predicted octanol–water partition coefficient (Wildman–Crippen LogP) is -1.46. The second-order valence-electron chi connectivity index (χ2n) is 2.99. The van der Waals surface area contributed by atoms with Crippen molar-refractivity contribution in [3.63, 3.8) is 0 Å². The van der Waals surface area contributed by atoms with E-state index in [-0.39, 0.29) is 41.0 Å². The fourth-order valence-electron chi connectivity index (χ4n) is 1.17. The summed E-state index contributed by atoms with van der Waals surface area (Å²) in [5.41, 5.74) is 0.254. The third-order valence-electron chi connectivity index (χ3n) is 1.90. The zero-order valence-corrected chi connectivity index (χ0v) is 12.4. The monoisotopic (exact) mass is 277 g/mol. The maximum Gasteiger partial charge on any atom is 1.00 e. The van der Waals surface area contributed by atoms with Crippen molar-refractivity contribution < 1.29 is 44.6 Å². The Bertz CT molecular complexity index is 558. The normalized spacial score (nSPS) is 9.71. The summed E-state index contributed by atoms with van der Waals surface area (Å²) in [5, 5.41) is 22.3. The van der Waals surface area contributed by atoms with E-state index in [0.717, 1.165) is 11.3 Å². The van der Waals surface area contributed by atoms with E-state index >= 15 is 0 Å². The Morgan fingerprint density at radius 2 is 2.18 bits per heavy atom. The number of halogens is 1. The van der Waals surface area contributed by atoms with E-state index in [4.69, 9.17) is 11.6 Å². The number of phenolic OH excluding ortho intramolecular Hbond substituents is 1. The third kappa shape index (κ3) is 3.20. The number of carboxylic acid groups (broad SMARTS) is 1. The fourth-order valence-corrected chi connectivity index (χ4v) is 2.16. The summed E-state index contributed by atoms with van der Waals surface area (Å²) in [5.74, 6) is -1.34. The summed E-state index contributed by atoms with van der Waals surface area (Å²) < 4.78 is 0. The molecule has 2 rings (SSSR count). The molecule has 0 unspecified atom stereocenters. The molecular formula is C10H5ClNNaO3S. The molecule has 7 heteroatoms. The molecular weight excluding hydrogens is 273 g/mol. The number of benzene rings is 1. The number of thiazole rings is 1. The molecule has 2 aromatic rings. The van der Waals surface area contributed by atoms with Crippen molar-refractivity contribution in [3.8, 4) is 16.3 Å². The molecule has 0 spiro atoms. The molecule has 0 fully saturated rings. The van der Waals surface area contributed by atoms with Gasteiger partial charge in [-0.3, -0.25) is 0 Å². The summed E-state index contributed by atoms with van der Waals surface area (Å²) in [6.45, 7) is 0. The van der Waals surface area contributed by atoms with Crippen LogP contribution in [0.5, 0.6) is 5.75 Å². The first kappa shape index (κ1) is 14.5. The maximum absolute atomic E-state index is 10.5. The van der Waals surface area contributed by atoms with Crippen LogP contribution in [-0.2, 0) is 0 Å². The molecule has 0 amide bonds. The number of hydrogen-bond acceptors (Lipinski definition) is 5. The van der Waals surface area contributed by atoms with Crippen LogP contribution in [0.25, 0.3) is 10.6 Å². The van der Waals surface area contributed by atoms with Crippen LogP contribution in [0.15, 0.2) is 23.6 Å². The average Bonchev–Trinajstić information content (AvgIpc) is 2.70. The number of aromatic hydroxyl groups is 1. The molecule has 4 nitrogen and oxygen atoms in total. The minimum absolute atomic E-state index is 0. The summed E-state index contributed by atoms with van der Waals surface area (Å²) in [4.78, 5) is 14.4. The quantitative estimate of drug-likeness (QED) is 0.681. The first-order valence-corrected chi connectivity index (χ1v) is 5.49. The topological polar surface area (TPSA) is 73.2 Å². The first-order chi connectivity index (χ1) is 7.58. The molecule has 0 saturated carbocycles. The molecule has 0 aliphatic carbocycles. The van der Waals surface area contributed by atoms with Gasteiger partial charge in [-0.15, -0.1) is 11.3 Å². The van der Waals surface area contributed by atoms with Gasteiger partial charge in [0, 0.05) is 10.4 Å². The smallest absolute Gasteiger partial charge is 0.543 e. The van der Waals surface area contributed by atoms with E-state index in [2.05, 4.69) is 4.98 Å². The number of carboxylic acids is 1. The van der Waals surface area contributed by atoms with Crippen LogP contribution in [0, 0.1) is 0 Å². The molecule has 0 atom stereocenters. The van der Waals surface area contributed by atoms with Gasteiger partial charge in [-0.25, -0.2) is 4.98 Å². The molecule has 1 heterocycles. The molecule has 1 aromatic heterocycles. The summed E-state index contributed by atoms with van der Waals surface area (Å²) in [6, 6.07) is 4.49. The second kappa shape index (κ2) is 5.84. The molecule has 82 valence electrons. The van der Waals surface area contributed by atoms with Crippen LogP contribution in [0.1, 0.15) is 10.5 Å². The Morgan fingerprint density at radius 3 is 2.76 bits per heavy atom. The zero-order chi connectivity index (χ0) is 11.7. The van der Waals surface area contributed by atoms with Crippen molar-refractivity contribution in [2.45, 2.75) is 0 Å². The largest absolute Gasteiger partial charge is 1.00 e. The first-order valence-electron chi connectivity index (χ1n) is 4.23. The van der Waals surface area contributed by atoms with Gasteiger partial charge < -0.3 is 15.0 Å². The molecule has 0 aliphatic rings. The Morgan fingerprint density at radius 1 is 1.47 bits per heavy atom. The van der Waals surface area contributed by atoms with Gasteiger partial charge in [0.15, 0.2) is 0 Å². The Hall–Kier alpha value is -0.590. The van der Waals surface area contributed by atoms with Gasteiger partial charge in [0.1, 0.15) is 10.8 Å². The van der Waals surface area contributed by atoms with E-state index in [1.165, 1.54) is 23.6 Å². The number of phenols is 1. The van der Waals surface area contributed by atoms with E-state index in [9.17, 15) is 15.0 Å². The Labute approximate surface area is 128 Å². The Kier molecular flexibility index (Phi) is 4.97. The number of nitrogens with zero attached hydrogens (tertiary/aromatic N) is 1. The fraction of sp³-hybridized carbons (Fsp3) is 0. The standard InChI is InChI=1S/C10H6ClNO3S.Na/c11-5-1-2-8(13)6(3-5)9-12-7(4-16-9)10(14)15;/h1-4,13H,(H,14,15);/q;+1/p-1. The number of carbonyl (C=O) groups is 1. The predicted molar refractivity (Wildman–Crippen MR) is 58.6 cm³/mol. The van der Waals surface area contributed by atoms with Crippen molar-refractivity contribution in [3.05, 3.63) is 34.3 Å². The van der Waals surface area contributed by atoms with Crippen LogP contribution in [0.2, 0.25) is 5.02 Å². The van der Waals surface area contributed by atoms with E-state index in [0.29, 0.717) is 15.6 Å². The minimum Gasteiger partial charge on any atom is -0.543 e. The van der Waals surface area contributed by atoms with Gasteiger partial charge in [0.25, 0.3) is 0 Å². The van der Waals surface area contributed by atoms with E-state index in [1.54, 1.807) is 0 Å². The number of aromatic nitrogens is 1. The van der Waals surface area contributed by atoms with Gasteiger partial charge in [-0.05, 0) is 18.2 Å². The molecule has 1 aromatic carbocycles. The van der Waals surface area contributed by atoms with Gasteiger partial charge >= 0.3 is 29.6 Å². The van der Waals surface area contributed by atoms with E-state index < -0.39 is 5.97 Å². The zero-order valence-electron chi connectivity index (χ0n) is 8.81. The van der Waals surface area contributed by atoms with Gasteiger partial charge in [-0.2, -0.15) is 0 Å². The molecule has 0 aliphatic heterocycles.